The summed E-state index contributed by atoms with van der Waals surface area (Å²) in [5, 5.41) is 0. The Kier molecular flexibility index (Phi) is 14.8. The summed E-state index contributed by atoms with van der Waals surface area (Å²) in [5.74, 6) is 0.433. The van der Waals surface area contributed by atoms with Gasteiger partial charge in [-0.15, -0.1) is 0 Å². The lowest BCUT2D eigenvalue weighted by atomic mass is 9.67. The lowest BCUT2D eigenvalue weighted by Gasteiger charge is -2.39. The van der Waals surface area contributed by atoms with Gasteiger partial charge < -0.3 is 9.47 Å². The van der Waals surface area contributed by atoms with Gasteiger partial charge in [0.2, 0.25) is 0 Å². The highest BCUT2D eigenvalue weighted by Gasteiger charge is 2.35. The number of hydrogen-bond acceptors (Lipinski definition) is 2. The van der Waals surface area contributed by atoms with Gasteiger partial charge in [-0.2, -0.15) is 0 Å². The molecule has 0 unspecified atom stereocenters. The van der Waals surface area contributed by atoms with Crippen LogP contribution in [0.5, 0.6) is 0 Å². The largest absolute Gasteiger partial charge is 0.381 e. The second-order valence-electron chi connectivity index (χ2n) is 14.1. The molecule has 44 heavy (non-hydrogen) atoms. The summed E-state index contributed by atoms with van der Waals surface area (Å²) in [7, 11) is 3.63. The average molecular weight is 597 g/mol. The second kappa shape index (κ2) is 17.5. The van der Waals surface area contributed by atoms with Crippen LogP contribution in [0.1, 0.15) is 88.5 Å². The number of rotatable bonds is 12. The van der Waals surface area contributed by atoms with Crippen LogP contribution in [0.4, 0.5) is 0 Å². The van der Waals surface area contributed by atoms with Gasteiger partial charge in [-0.3, -0.25) is 0 Å². The van der Waals surface area contributed by atoms with Crippen molar-refractivity contribution < 1.29 is 9.47 Å². The third-order valence-electron chi connectivity index (χ3n) is 8.94. The Labute approximate surface area is 270 Å². The van der Waals surface area contributed by atoms with Crippen molar-refractivity contribution in [1.82, 2.24) is 0 Å². The van der Waals surface area contributed by atoms with Crippen molar-refractivity contribution in [3.05, 3.63) is 130 Å². The molecule has 0 aromatic carbocycles. The number of hydrogen-bond donors (Lipinski definition) is 0. The van der Waals surface area contributed by atoms with Gasteiger partial charge in [-0.25, -0.2) is 0 Å². The summed E-state index contributed by atoms with van der Waals surface area (Å²) in [6, 6.07) is 0. The predicted molar refractivity (Wildman–Crippen MR) is 194 cm³/mol. The third-order valence-corrected chi connectivity index (χ3v) is 8.94. The van der Waals surface area contributed by atoms with Crippen molar-refractivity contribution >= 4 is 0 Å². The maximum absolute atomic E-state index is 5.65. The normalized spacial score (nSPS) is 25.9. The smallest absolute Gasteiger partial charge is 0.0760 e. The maximum atomic E-state index is 5.65. The molecule has 2 nitrogen and oxygen atoms in total. The molecule has 0 spiro atoms. The van der Waals surface area contributed by atoms with Gasteiger partial charge in [0, 0.05) is 20.1 Å². The zero-order valence-electron chi connectivity index (χ0n) is 29.8. The minimum atomic E-state index is 0.134. The first-order valence-corrected chi connectivity index (χ1v) is 16.2. The van der Waals surface area contributed by atoms with Crippen molar-refractivity contribution in [2.45, 2.75) is 101 Å². The summed E-state index contributed by atoms with van der Waals surface area (Å²) in [4.78, 5) is 0. The fourth-order valence-corrected chi connectivity index (χ4v) is 6.40. The summed E-state index contributed by atoms with van der Waals surface area (Å²) >= 11 is 0. The van der Waals surface area contributed by atoms with E-state index in [1.807, 2.05) is 7.11 Å². The zero-order chi connectivity index (χ0) is 32.9. The predicted octanol–water partition coefficient (Wildman–Crippen LogP) is 11.7. The molecule has 0 heterocycles. The first-order valence-electron chi connectivity index (χ1n) is 16.2. The lowest BCUT2D eigenvalue weighted by molar-refractivity contribution is 0.0627. The lowest BCUT2D eigenvalue weighted by Crippen LogP contribution is -2.33. The Morgan fingerprint density at radius 2 is 1.23 bits per heavy atom. The standard InChI is InChI=1S/C42H60O2/c1-31(19-15-21-33(3)23-25-39-35(5)27-37(43-11)29-41(39,7)8)17-13-14-18-32(2)20-16-22-34(4)24-26-40-36(6)28-38(44-12)30-42(40,9)10/h13-27,37-39H,28-30H2,1-12H3/b14-13+,19-15+,20-16+,25-23+,26-24+,31-17+,32-18+,33-21+,34-22+/t37-,38+,39-/m0/s1. The van der Waals surface area contributed by atoms with Crippen LogP contribution in [0.25, 0.3) is 0 Å². The van der Waals surface area contributed by atoms with Gasteiger partial charge >= 0.3 is 0 Å². The summed E-state index contributed by atoms with van der Waals surface area (Å²) in [6.45, 7) is 22.4. The molecule has 2 aliphatic carbocycles. The van der Waals surface area contributed by atoms with E-state index in [0.717, 1.165) is 19.3 Å². The van der Waals surface area contributed by atoms with Gasteiger partial charge in [0.1, 0.15) is 0 Å². The molecule has 2 rings (SSSR count). The summed E-state index contributed by atoms with van der Waals surface area (Å²) < 4.78 is 11.3. The van der Waals surface area contributed by atoms with Crippen molar-refractivity contribution in [2.75, 3.05) is 14.2 Å². The number of ether oxygens (including phenoxy) is 2. The van der Waals surface area contributed by atoms with Crippen LogP contribution in [0.3, 0.4) is 0 Å². The van der Waals surface area contributed by atoms with E-state index in [4.69, 9.17) is 9.47 Å². The fraction of sp³-hybridized carbons (Fsp3) is 0.476. The molecule has 0 fully saturated rings. The van der Waals surface area contributed by atoms with Crippen molar-refractivity contribution in [1.29, 1.82) is 0 Å². The van der Waals surface area contributed by atoms with Crippen LogP contribution in [-0.4, -0.2) is 26.4 Å². The van der Waals surface area contributed by atoms with E-state index in [1.54, 1.807) is 7.11 Å². The molecule has 3 atom stereocenters. The number of methoxy groups -OCH3 is 2. The van der Waals surface area contributed by atoms with Crippen LogP contribution < -0.4 is 0 Å². The van der Waals surface area contributed by atoms with Crippen molar-refractivity contribution in [2.24, 2.45) is 16.7 Å². The Morgan fingerprint density at radius 3 is 1.73 bits per heavy atom. The van der Waals surface area contributed by atoms with Crippen LogP contribution >= 0.6 is 0 Å². The SMILES string of the molecule is CO[C@@H]1CC(C)=C(/C=C/C(C)=C/C=C/C(C)=C/C=C/C=C(C)/C=C/C=C(C)/C=C/[C@H]2C(C)=C[C@H](OC)CC2(C)C)C(C)(C)C1. The maximum Gasteiger partial charge on any atom is 0.0760 e. The molecule has 0 radical (unpaired) electrons. The van der Waals surface area contributed by atoms with E-state index in [2.05, 4.69) is 160 Å². The highest BCUT2D eigenvalue weighted by molar-refractivity contribution is 5.38. The fourth-order valence-electron chi connectivity index (χ4n) is 6.40. The molecule has 0 N–H and O–H groups in total. The molecule has 0 saturated carbocycles. The molecular weight excluding hydrogens is 536 g/mol. The van der Waals surface area contributed by atoms with Crippen molar-refractivity contribution in [3.8, 4) is 0 Å². The van der Waals surface area contributed by atoms with Gasteiger partial charge in [0.05, 0.1) is 12.2 Å². The van der Waals surface area contributed by atoms with Gasteiger partial charge in [-0.05, 0) is 77.2 Å². The first-order chi connectivity index (χ1) is 20.7. The highest BCUT2D eigenvalue weighted by atomic mass is 16.5. The Hall–Kier alpha value is -2.94. The molecule has 2 aliphatic rings. The molecule has 2 heteroatoms. The quantitative estimate of drug-likeness (QED) is 0.165. The zero-order valence-corrected chi connectivity index (χ0v) is 29.8. The summed E-state index contributed by atoms with van der Waals surface area (Å²) in [5.41, 5.74) is 9.50. The molecule has 0 aromatic rings. The molecule has 0 aliphatic heterocycles. The van der Waals surface area contributed by atoms with E-state index in [9.17, 15) is 0 Å². The molecule has 240 valence electrons. The molecule has 0 saturated heterocycles. The second-order valence-corrected chi connectivity index (χ2v) is 14.1. The topological polar surface area (TPSA) is 18.5 Å². The average Bonchev–Trinajstić information content (AvgIpc) is 2.93. The van der Waals surface area contributed by atoms with E-state index in [1.165, 1.54) is 39.0 Å². The van der Waals surface area contributed by atoms with Crippen molar-refractivity contribution in [3.63, 3.8) is 0 Å². The van der Waals surface area contributed by atoms with Crippen LogP contribution in [0, 0.1) is 16.7 Å². The number of allylic oxidation sites excluding steroid dienone is 20. The molecule has 0 aromatic heterocycles. The molecule has 0 bridgehead atoms. The van der Waals surface area contributed by atoms with E-state index in [0.29, 0.717) is 12.0 Å². The van der Waals surface area contributed by atoms with Gasteiger partial charge in [0.25, 0.3) is 0 Å². The van der Waals surface area contributed by atoms with Gasteiger partial charge in [0.15, 0.2) is 0 Å². The minimum absolute atomic E-state index is 0.134. The van der Waals surface area contributed by atoms with E-state index >= 15 is 0 Å². The van der Waals surface area contributed by atoms with E-state index < -0.39 is 0 Å². The first kappa shape index (κ1) is 37.2. The molecular formula is C42H60O2. The Morgan fingerprint density at radius 1 is 0.705 bits per heavy atom. The Balaban J connectivity index is 1.90. The third kappa shape index (κ3) is 12.2. The summed E-state index contributed by atoms with van der Waals surface area (Å²) in [6.07, 6.45) is 36.5. The monoisotopic (exact) mass is 596 g/mol. The molecule has 0 amide bonds. The van der Waals surface area contributed by atoms with Crippen LogP contribution in [0.15, 0.2) is 130 Å². The Bertz CT molecular complexity index is 1310. The van der Waals surface area contributed by atoms with Gasteiger partial charge in [-0.1, -0.05) is 152 Å². The van der Waals surface area contributed by atoms with E-state index in [-0.39, 0.29) is 16.9 Å². The van der Waals surface area contributed by atoms with Crippen LogP contribution in [-0.2, 0) is 9.47 Å². The highest BCUT2D eigenvalue weighted by Crippen LogP contribution is 2.43. The van der Waals surface area contributed by atoms with Crippen LogP contribution in [0.2, 0.25) is 0 Å². The minimum Gasteiger partial charge on any atom is -0.381 e.